The van der Waals surface area contributed by atoms with Crippen molar-refractivity contribution in [2.45, 2.75) is 43.8 Å². The molecule has 10 heteroatoms. The van der Waals surface area contributed by atoms with Crippen LogP contribution in [0.2, 0.25) is 5.02 Å². The van der Waals surface area contributed by atoms with E-state index < -0.39 is 16.1 Å². The fourth-order valence-corrected chi connectivity index (χ4v) is 5.68. The summed E-state index contributed by atoms with van der Waals surface area (Å²) in [5.74, 6) is -0.537. The first-order valence-electron chi connectivity index (χ1n) is 13.6. The molecule has 1 aromatic heterocycles. The number of rotatable bonds is 13. The maximum atomic E-state index is 13.9. The number of halogens is 1. The van der Waals surface area contributed by atoms with Crippen molar-refractivity contribution in [1.82, 2.24) is 19.9 Å². The van der Waals surface area contributed by atoms with Crippen LogP contribution in [0.4, 0.5) is 0 Å². The molecule has 2 amide bonds. The van der Waals surface area contributed by atoms with Crippen molar-refractivity contribution in [2.24, 2.45) is 0 Å². The van der Waals surface area contributed by atoms with E-state index in [1.54, 1.807) is 54.5 Å². The molecule has 4 rings (SSSR count). The lowest BCUT2D eigenvalue weighted by molar-refractivity contribution is -0.141. The Balaban J connectivity index is 1.59. The summed E-state index contributed by atoms with van der Waals surface area (Å²) < 4.78 is 27.0. The Kier molecular flexibility index (Phi) is 10.8. The number of aryl methyl sites for hydroxylation is 1. The van der Waals surface area contributed by atoms with Gasteiger partial charge in [-0.1, -0.05) is 79.2 Å². The summed E-state index contributed by atoms with van der Waals surface area (Å²) in [6.45, 7) is 2.46. The molecule has 1 atom stereocenters. The zero-order valence-corrected chi connectivity index (χ0v) is 24.8. The highest BCUT2D eigenvalue weighted by Crippen LogP contribution is 2.26. The number of carbonyl (C=O) groups is 2. The first-order valence-corrected chi connectivity index (χ1v) is 15.5. The van der Waals surface area contributed by atoms with Crippen LogP contribution in [0.3, 0.4) is 0 Å². The van der Waals surface area contributed by atoms with E-state index >= 15 is 0 Å². The van der Waals surface area contributed by atoms with Gasteiger partial charge in [0.25, 0.3) is 0 Å². The largest absolute Gasteiger partial charge is 0.350 e. The van der Waals surface area contributed by atoms with Gasteiger partial charge in [-0.05, 0) is 59.0 Å². The van der Waals surface area contributed by atoms with Crippen molar-refractivity contribution in [1.29, 1.82) is 0 Å². The molecule has 42 heavy (non-hydrogen) atoms. The standard InChI is InChI=1S/C32H33ClN4O4S/c1-2-36-42(40,41)29-17-12-24(13-18-29)14-19-30(38)37(23-25-10-15-28(33)16-11-25)31(27-8-4-3-5-9-27)32(39)35-22-26-7-6-20-34-21-26/h3-13,15-18,20-21,31,36H,2,14,19,22-23H2,1H3,(H,35,39)/t31-/m0/s1. The van der Waals surface area contributed by atoms with Crippen molar-refractivity contribution in [3.05, 3.63) is 131 Å². The fraction of sp³-hybridized carbons (Fsp3) is 0.219. The minimum Gasteiger partial charge on any atom is -0.350 e. The predicted octanol–water partition coefficient (Wildman–Crippen LogP) is 5.05. The number of aromatic nitrogens is 1. The first-order chi connectivity index (χ1) is 20.3. The summed E-state index contributed by atoms with van der Waals surface area (Å²) in [6.07, 6.45) is 3.84. The van der Waals surface area contributed by atoms with Gasteiger partial charge in [-0.25, -0.2) is 13.1 Å². The van der Waals surface area contributed by atoms with Crippen molar-refractivity contribution >= 4 is 33.4 Å². The van der Waals surface area contributed by atoms with Gasteiger partial charge in [0.2, 0.25) is 21.8 Å². The lowest BCUT2D eigenvalue weighted by Gasteiger charge is -2.32. The van der Waals surface area contributed by atoms with Crippen LogP contribution in [0.25, 0.3) is 0 Å². The van der Waals surface area contributed by atoms with Crippen molar-refractivity contribution in [3.63, 3.8) is 0 Å². The predicted molar refractivity (Wildman–Crippen MR) is 163 cm³/mol. The summed E-state index contributed by atoms with van der Waals surface area (Å²) in [5.41, 5.74) is 3.16. The van der Waals surface area contributed by atoms with Gasteiger partial charge in [0.1, 0.15) is 6.04 Å². The van der Waals surface area contributed by atoms with Crippen LogP contribution < -0.4 is 10.0 Å². The molecule has 1 heterocycles. The van der Waals surface area contributed by atoms with E-state index in [0.29, 0.717) is 23.6 Å². The van der Waals surface area contributed by atoms with Gasteiger partial charge in [-0.15, -0.1) is 0 Å². The normalized spacial score (nSPS) is 12.0. The molecule has 0 aliphatic carbocycles. The van der Waals surface area contributed by atoms with Gasteiger partial charge >= 0.3 is 0 Å². The molecule has 2 N–H and O–H groups in total. The van der Waals surface area contributed by atoms with Gasteiger partial charge in [-0.3, -0.25) is 14.6 Å². The van der Waals surface area contributed by atoms with Gasteiger partial charge in [0.05, 0.1) is 4.90 Å². The molecule has 0 spiro atoms. The molecular weight excluding hydrogens is 572 g/mol. The highest BCUT2D eigenvalue weighted by molar-refractivity contribution is 7.89. The van der Waals surface area contributed by atoms with Crippen LogP contribution in [0, 0.1) is 0 Å². The van der Waals surface area contributed by atoms with E-state index in [2.05, 4.69) is 15.0 Å². The van der Waals surface area contributed by atoms with Gasteiger partial charge < -0.3 is 10.2 Å². The molecule has 218 valence electrons. The monoisotopic (exact) mass is 604 g/mol. The average Bonchev–Trinajstić information content (AvgIpc) is 3.01. The number of nitrogens with zero attached hydrogens (tertiary/aromatic N) is 2. The average molecular weight is 605 g/mol. The van der Waals surface area contributed by atoms with Crippen LogP contribution in [-0.4, -0.2) is 36.7 Å². The summed E-state index contributed by atoms with van der Waals surface area (Å²) in [4.78, 5) is 33.5. The highest BCUT2D eigenvalue weighted by Gasteiger charge is 2.31. The van der Waals surface area contributed by atoms with E-state index in [1.165, 1.54) is 12.1 Å². The van der Waals surface area contributed by atoms with Crippen LogP contribution in [0.1, 0.15) is 41.6 Å². The molecule has 0 saturated carbocycles. The lowest BCUT2D eigenvalue weighted by atomic mass is 10.0. The Bertz CT molecular complexity index is 1570. The van der Waals surface area contributed by atoms with Crippen molar-refractivity contribution in [2.75, 3.05) is 6.54 Å². The number of nitrogens with one attached hydrogen (secondary N) is 2. The molecule has 0 aliphatic heterocycles. The van der Waals surface area contributed by atoms with Crippen molar-refractivity contribution < 1.29 is 18.0 Å². The molecule has 0 fully saturated rings. The maximum absolute atomic E-state index is 13.9. The second-order valence-corrected chi connectivity index (χ2v) is 11.9. The second kappa shape index (κ2) is 14.7. The number of sulfonamides is 1. The van der Waals surface area contributed by atoms with Crippen LogP contribution >= 0.6 is 11.6 Å². The molecule has 0 bridgehead atoms. The van der Waals surface area contributed by atoms with E-state index in [4.69, 9.17) is 11.6 Å². The molecule has 3 aromatic carbocycles. The Hall–Kier alpha value is -4.05. The van der Waals surface area contributed by atoms with Crippen LogP contribution in [0.15, 0.2) is 108 Å². The van der Waals surface area contributed by atoms with E-state index in [1.807, 2.05) is 48.5 Å². The Morgan fingerprint density at radius 2 is 1.57 bits per heavy atom. The third-order valence-corrected chi connectivity index (χ3v) is 8.46. The second-order valence-electron chi connectivity index (χ2n) is 9.69. The minimum atomic E-state index is -3.57. The number of pyridine rings is 1. The Morgan fingerprint density at radius 1 is 0.881 bits per heavy atom. The summed E-state index contributed by atoms with van der Waals surface area (Å²) >= 11 is 6.10. The fourth-order valence-electron chi connectivity index (χ4n) is 4.51. The maximum Gasteiger partial charge on any atom is 0.247 e. The third kappa shape index (κ3) is 8.48. The molecule has 0 aliphatic rings. The topological polar surface area (TPSA) is 108 Å². The quantitative estimate of drug-likeness (QED) is 0.222. The first kappa shape index (κ1) is 30.9. The minimum absolute atomic E-state index is 0.117. The zero-order chi connectivity index (χ0) is 30.0. The number of carbonyl (C=O) groups excluding carboxylic acids is 2. The van der Waals surface area contributed by atoms with Crippen LogP contribution in [0.5, 0.6) is 0 Å². The van der Waals surface area contributed by atoms with Crippen LogP contribution in [-0.2, 0) is 39.1 Å². The summed E-state index contributed by atoms with van der Waals surface area (Å²) in [6, 6.07) is 25.6. The zero-order valence-electron chi connectivity index (χ0n) is 23.2. The Morgan fingerprint density at radius 3 is 2.21 bits per heavy atom. The Labute approximate surface area is 251 Å². The summed E-state index contributed by atoms with van der Waals surface area (Å²) in [7, 11) is -3.57. The van der Waals surface area contributed by atoms with E-state index in [9.17, 15) is 18.0 Å². The number of benzene rings is 3. The van der Waals surface area contributed by atoms with Gasteiger partial charge in [0.15, 0.2) is 0 Å². The lowest BCUT2D eigenvalue weighted by Crippen LogP contribution is -2.43. The molecule has 8 nitrogen and oxygen atoms in total. The smallest absolute Gasteiger partial charge is 0.247 e. The molecule has 0 unspecified atom stereocenters. The van der Waals surface area contributed by atoms with Gasteiger partial charge in [-0.2, -0.15) is 0 Å². The SMILES string of the molecule is CCNS(=O)(=O)c1ccc(CCC(=O)N(Cc2ccc(Cl)cc2)[C@H](C(=O)NCc2cccnc2)c2ccccc2)cc1. The third-order valence-electron chi connectivity index (χ3n) is 6.65. The van der Waals surface area contributed by atoms with E-state index in [-0.39, 0.29) is 36.2 Å². The molecule has 4 aromatic rings. The molecule has 0 saturated heterocycles. The highest BCUT2D eigenvalue weighted by atomic mass is 35.5. The number of amides is 2. The van der Waals surface area contributed by atoms with E-state index in [0.717, 1.165) is 16.7 Å². The number of hydrogen-bond donors (Lipinski definition) is 2. The van der Waals surface area contributed by atoms with Gasteiger partial charge in [0, 0.05) is 43.5 Å². The molecular formula is C32H33ClN4O4S. The van der Waals surface area contributed by atoms with Crippen molar-refractivity contribution in [3.8, 4) is 0 Å². The number of hydrogen-bond acceptors (Lipinski definition) is 5. The summed E-state index contributed by atoms with van der Waals surface area (Å²) in [5, 5.41) is 3.55. The molecule has 0 radical (unpaired) electrons.